The third-order valence-electron chi connectivity index (χ3n) is 4.68. The third kappa shape index (κ3) is 3.13. The van der Waals surface area contributed by atoms with Crippen LogP contribution in [0.5, 0.6) is 5.75 Å². The lowest BCUT2D eigenvalue weighted by Crippen LogP contribution is -2.42. The van der Waals surface area contributed by atoms with Gasteiger partial charge < -0.3 is 10.5 Å². The van der Waals surface area contributed by atoms with Crippen molar-refractivity contribution < 1.29 is 4.74 Å². The minimum absolute atomic E-state index is 0.323. The number of rotatable bonds is 4. The van der Waals surface area contributed by atoms with E-state index in [-0.39, 0.29) is 0 Å². The summed E-state index contributed by atoms with van der Waals surface area (Å²) < 4.78 is 5.48. The molecule has 0 spiro atoms. The van der Waals surface area contributed by atoms with Gasteiger partial charge in [0.05, 0.1) is 12.8 Å². The van der Waals surface area contributed by atoms with Crippen LogP contribution < -0.4 is 10.5 Å². The molecule has 112 valence electrons. The van der Waals surface area contributed by atoms with E-state index < -0.39 is 0 Å². The fourth-order valence-electron chi connectivity index (χ4n) is 2.90. The highest BCUT2D eigenvalue weighted by molar-refractivity contribution is 5.41. The first-order chi connectivity index (χ1) is 9.49. The molecule has 0 saturated carbocycles. The van der Waals surface area contributed by atoms with Gasteiger partial charge >= 0.3 is 0 Å². The van der Waals surface area contributed by atoms with Crippen LogP contribution in [0.2, 0.25) is 0 Å². The molecule has 2 N–H and O–H groups in total. The molecule has 0 radical (unpaired) electrons. The summed E-state index contributed by atoms with van der Waals surface area (Å²) in [5.41, 5.74) is 9.59. The van der Waals surface area contributed by atoms with Gasteiger partial charge in [-0.2, -0.15) is 0 Å². The van der Waals surface area contributed by atoms with Gasteiger partial charge in [-0.3, -0.25) is 9.88 Å². The summed E-state index contributed by atoms with van der Waals surface area (Å²) in [6, 6.07) is 0. The molecular formula is C16H27N3O. The van der Waals surface area contributed by atoms with Crippen LogP contribution in [0.4, 0.5) is 0 Å². The summed E-state index contributed by atoms with van der Waals surface area (Å²) in [6.45, 7) is 10.3. The lowest BCUT2D eigenvalue weighted by atomic mass is 9.80. The summed E-state index contributed by atoms with van der Waals surface area (Å²) in [7, 11) is 1.73. The van der Waals surface area contributed by atoms with Gasteiger partial charge in [-0.15, -0.1) is 0 Å². The molecule has 0 bridgehead atoms. The van der Waals surface area contributed by atoms with Crippen molar-refractivity contribution in [3.63, 3.8) is 0 Å². The monoisotopic (exact) mass is 277 g/mol. The molecule has 1 aromatic heterocycles. The van der Waals surface area contributed by atoms with Crippen LogP contribution in [0.3, 0.4) is 0 Å². The molecule has 1 aromatic rings. The molecule has 1 aliphatic heterocycles. The Morgan fingerprint density at radius 3 is 2.55 bits per heavy atom. The fraction of sp³-hybridized carbons (Fsp3) is 0.688. The van der Waals surface area contributed by atoms with Crippen LogP contribution >= 0.6 is 0 Å². The smallest absolute Gasteiger partial charge is 0.128 e. The molecule has 0 aromatic carbocycles. The first-order valence-electron chi connectivity index (χ1n) is 7.40. The molecule has 20 heavy (non-hydrogen) atoms. The second kappa shape index (κ2) is 6.10. The molecule has 0 atom stereocenters. The quantitative estimate of drug-likeness (QED) is 0.917. The van der Waals surface area contributed by atoms with Crippen molar-refractivity contribution in [3.05, 3.63) is 23.0 Å². The van der Waals surface area contributed by atoms with Crippen LogP contribution in [0.1, 0.15) is 36.6 Å². The predicted octanol–water partition coefficient (Wildman–Crippen LogP) is 2.27. The molecule has 1 aliphatic rings. The lowest BCUT2D eigenvalue weighted by molar-refractivity contribution is 0.118. The van der Waals surface area contributed by atoms with Crippen molar-refractivity contribution in [2.75, 3.05) is 26.7 Å². The van der Waals surface area contributed by atoms with Gasteiger partial charge in [0, 0.05) is 23.9 Å². The average Bonchev–Trinajstić information content (AvgIpc) is 2.45. The Labute approximate surface area is 122 Å². The zero-order valence-corrected chi connectivity index (χ0v) is 13.2. The number of nitrogens with zero attached hydrogens (tertiary/aromatic N) is 2. The first-order valence-corrected chi connectivity index (χ1v) is 7.40. The molecule has 0 unspecified atom stereocenters. The maximum absolute atomic E-state index is 5.87. The van der Waals surface area contributed by atoms with E-state index in [2.05, 4.69) is 23.7 Å². The number of nitrogens with two attached hydrogens (primary N) is 1. The molecule has 0 aliphatic carbocycles. The number of likely N-dealkylation sites (tertiary alicyclic amines) is 1. The van der Waals surface area contributed by atoms with Crippen molar-refractivity contribution in [3.8, 4) is 5.75 Å². The van der Waals surface area contributed by atoms with Crippen molar-refractivity contribution >= 4 is 0 Å². The SMILES string of the molecule is COc1c(C)cnc(CN2CCC(C)(CN)CC2)c1C. The van der Waals surface area contributed by atoms with Crippen molar-refractivity contribution in [1.82, 2.24) is 9.88 Å². The Bertz CT molecular complexity index is 465. The Morgan fingerprint density at radius 2 is 2.00 bits per heavy atom. The average molecular weight is 277 g/mol. The molecular weight excluding hydrogens is 250 g/mol. The zero-order valence-electron chi connectivity index (χ0n) is 13.2. The highest BCUT2D eigenvalue weighted by Gasteiger charge is 2.29. The Hall–Kier alpha value is -1.13. The van der Waals surface area contributed by atoms with Gasteiger partial charge in [0.1, 0.15) is 5.75 Å². The van der Waals surface area contributed by atoms with Gasteiger partial charge in [0.2, 0.25) is 0 Å². The van der Waals surface area contributed by atoms with Crippen LogP contribution in [-0.4, -0.2) is 36.6 Å². The van der Waals surface area contributed by atoms with Crippen LogP contribution in [-0.2, 0) is 6.54 Å². The Balaban J connectivity index is 2.05. The molecule has 0 amide bonds. The number of methoxy groups -OCH3 is 1. The predicted molar refractivity (Wildman–Crippen MR) is 81.9 cm³/mol. The molecule has 2 rings (SSSR count). The maximum atomic E-state index is 5.87. The van der Waals surface area contributed by atoms with E-state index in [1.807, 2.05) is 13.1 Å². The lowest BCUT2D eigenvalue weighted by Gasteiger charge is -2.38. The van der Waals surface area contributed by atoms with E-state index in [4.69, 9.17) is 10.5 Å². The van der Waals surface area contributed by atoms with Crippen LogP contribution in [0.25, 0.3) is 0 Å². The van der Waals surface area contributed by atoms with E-state index in [0.29, 0.717) is 5.41 Å². The fourth-order valence-corrected chi connectivity index (χ4v) is 2.90. The number of aromatic nitrogens is 1. The number of hydrogen-bond acceptors (Lipinski definition) is 4. The van der Waals surface area contributed by atoms with Gasteiger partial charge in [0.25, 0.3) is 0 Å². The molecule has 1 fully saturated rings. The van der Waals surface area contributed by atoms with Gasteiger partial charge in [-0.1, -0.05) is 6.92 Å². The van der Waals surface area contributed by atoms with E-state index in [9.17, 15) is 0 Å². The Kier molecular flexibility index (Phi) is 4.66. The number of ether oxygens (including phenoxy) is 1. The van der Waals surface area contributed by atoms with Crippen molar-refractivity contribution in [2.24, 2.45) is 11.1 Å². The summed E-state index contributed by atoms with van der Waals surface area (Å²) in [5, 5.41) is 0. The van der Waals surface area contributed by atoms with Crippen LogP contribution in [0.15, 0.2) is 6.20 Å². The number of piperidine rings is 1. The number of aryl methyl sites for hydroxylation is 1. The minimum atomic E-state index is 0.323. The normalized spacial score (nSPS) is 19.1. The number of hydrogen-bond donors (Lipinski definition) is 1. The summed E-state index contributed by atoms with van der Waals surface area (Å²) in [5.74, 6) is 0.971. The molecule has 4 nitrogen and oxygen atoms in total. The number of pyridine rings is 1. The molecule has 2 heterocycles. The summed E-state index contributed by atoms with van der Waals surface area (Å²) >= 11 is 0. The van der Waals surface area contributed by atoms with E-state index >= 15 is 0 Å². The minimum Gasteiger partial charge on any atom is -0.496 e. The second-order valence-corrected chi connectivity index (χ2v) is 6.34. The molecule has 1 saturated heterocycles. The van der Waals surface area contributed by atoms with Gasteiger partial charge in [0.15, 0.2) is 0 Å². The van der Waals surface area contributed by atoms with Crippen LogP contribution in [0, 0.1) is 19.3 Å². The summed E-state index contributed by atoms with van der Waals surface area (Å²) in [6.07, 6.45) is 4.26. The first kappa shape index (κ1) is 15.3. The second-order valence-electron chi connectivity index (χ2n) is 6.34. The standard InChI is InChI=1S/C16H27N3O/c1-12-9-18-14(13(2)15(12)20-4)10-19-7-5-16(3,11-17)6-8-19/h9H,5-8,10-11,17H2,1-4H3. The highest BCUT2D eigenvalue weighted by atomic mass is 16.5. The van der Waals surface area contributed by atoms with Gasteiger partial charge in [-0.05, 0) is 51.7 Å². The van der Waals surface area contributed by atoms with Crippen molar-refractivity contribution in [2.45, 2.75) is 40.2 Å². The highest BCUT2D eigenvalue weighted by Crippen LogP contribution is 2.31. The summed E-state index contributed by atoms with van der Waals surface area (Å²) in [4.78, 5) is 7.06. The largest absolute Gasteiger partial charge is 0.496 e. The Morgan fingerprint density at radius 1 is 1.35 bits per heavy atom. The van der Waals surface area contributed by atoms with E-state index in [0.717, 1.165) is 43.2 Å². The molecule has 4 heteroatoms. The topological polar surface area (TPSA) is 51.4 Å². The van der Waals surface area contributed by atoms with Crippen molar-refractivity contribution in [1.29, 1.82) is 0 Å². The maximum Gasteiger partial charge on any atom is 0.128 e. The van der Waals surface area contributed by atoms with Gasteiger partial charge in [-0.25, -0.2) is 0 Å². The third-order valence-corrected chi connectivity index (χ3v) is 4.68. The zero-order chi connectivity index (χ0) is 14.8. The van der Waals surface area contributed by atoms with E-state index in [1.165, 1.54) is 18.4 Å². The van der Waals surface area contributed by atoms with E-state index in [1.54, 1.807) is 7.11 Å².